The van der Waals surface area contributed by atoms with E-state index in [-0.39, 0.29) is 16.6 Å². The van der Waals surface area contributed by atoms with Gasteiger partial charge in [-0.3, -0.25) is 4.79 Å². The molecule has 0 radical (unpaired) electrons. The molecule has 21 heavy (non-hydrogen) atoms. The van der Waals surface area contributed by atoms with Crippen LogP contribution in [-0.4, -0.2) is 38.4 Å². The molecule has 0 spiro atoms. The minimum Gasteiger partial charge on any atom is -0.479 e. The average molecular weight is 379 g/mol. The zero-order valence-electron chi connectivity index (χ0n) is 12.2. The monoisotopic (exact) mass is 378 g/mol. The quantitative estimate of drug-likeness (QED) is 0.815. The lowest BCUT2D eigenvalue weighted by Gasteiger charge is -2.24. The number of primary sulfonamides is 1. The molecule has 0 saturated carbocycles. The first-order chi connectivity index (χ1) is 9.70. The maximum Gasteiger partial charge on any atom is 0.263 e. The second-order valence-corrected chi connectivity index (χ2v) is 6.85. The van der Waals surface area contributed by atoms with Gasteiger partial charge in [0.2, 0.25) is 10.0 Å². The number of hydrogen-bond donors (Lipinski definition) is 1. The normalized spacial score (nSPS) is 12.8. The Hall–Kier alpha value is -1.12. The fourth-order valence-corrected chi connectivity index (χ4v) is 3.04. The first-order valence-electron chi connectivity index (χ1n) is 6.48. The van der Waals surface area contributed by atoms with Gasteiger partial charge in [-0.15, -0.1) is 0 Å². The Morgan fingerprint density at radius 1 is 1.38 bits per heavy atom. The lowest BCUT2D eigenvalue weighted by Crippen LogP contribution is -2.40. The van der Waals surface area contributed by atoms with Crippen LogP contribution in [-0.2, 0) is 14.8 Å². The fraction of sp³-hybridized carbons (Fsp3) is 0.462. The number of rotatable bonds is 6. The number of ether oxygens (including phenoxy) is 1. The fourth-order valence-electron chi connectivity index (χ4n) is 1.83. The molecule has 2 N–H and O–H groups in total. The van der Waals surface area contributed by atoms with Crippen LogP contribution in [0.15, 0.2) is 27.6 Å². The van der Waals surface area contributed by atoms with Gasteiger partial charge in [0.15, 0.2) is 6.10 Å². The molecule has 1 rings (SSSR count). The van der Waals surface area contributed by atoms with Crippen LogP contribution in [0, 0.1) is 0 Å². The van der Waals surface area contributed by atoms with Crippen molar-refractivity contribution >= 4 is 31.9 Å². The second kappa shape index (κ2) is 7.24. The summed E-state index contributed by atoms with van der Waals surface area (Å²) in [5, 5.41) is 5.17. The number of nitrogens with two attached hydrogens (primary N) is 1. The molecule has 0 aliphatic carbocycles. The van der Waals surface area contributed by atoms with Crippen LogP contribution in [0.1, 0.15) is 20.8 Å². The van der Waals surface area contributed by atoms with E-state index in [1.807, 2.05) is 13.8 Å². The van der Waals surface area contributed by atoms with Crippen LogP contribution in [0.4, 0.5) is 0 Å². The smallest absolute Gasteiger partial charge is 0.263 e. The van der Waals surface area contributed by atoms with Gasteiger partial charge >= 0.3 is 0 Å². The minimum atomic E-state index is -3.94. The van der Waals surface area contributed by atoms with Gasteiger partial charge in [-0.2, -0.15) is 0 Å². The highest BCUT2D eigenvalue weighted by Crippen LogP contribution is 2.27. The van der Waals surface area contributed by atoms with Crippen molar-refractivity contribution in [2.75, 3.05) is 13.1 Å². The third kappa shape index (κ3) is 4.69. The molecular weight excluding hydrogens is 360 g/mol. The standard InChI is InChI=1S/C13H19BrN2O4S/c1-4-16(5-2)13(17)9(3)20-11-7-6-10(14)8-12(11)21(15,18)19/h6-9H,4-5H2,1-3H3,(H2,15,18,19). The zero-order valence-corrected chi connectivity index (χ0v) is 14.6. The van der Waals surface area contributed by atoms with Gasteiger partial charge in [-0.25, -0.2) is 13.6 Å². The molecule has 0 aromatic heterocycles. The summed E-state index contributed by atoms with van der Waals surface area (Å²) in [7, 11) is -3.94. The van der Waals surface area contributed by atoms with Crippen molar-refractivity contribution in [1.82, 2.24) is 4.90 Å². The Labute approximate surface area is 133 Å². The number of nitrogens with zero attached hydrogens (tertiary/aromatic N) is 1. The Balaban J connectivity index is 3.06. The third-order valence-corrected chi connectivity index (χ3v) is 4.36. The number of carbonyl (C=O) groups is 1. The van der Waals surface area contributed by atoms with Crippen molar-refractivity contribution in [3.8, 4) is 5.75 Å². The third-order valence-electron chi connectivity index (χ3n) is 2.94. The van der Waals surface area contributed by atoms with Gasteiger partial charge in [0, 0.05) is 17.6 Å². The molecule has 118 valence electrons. The summed E-state index contributed by atoms with van der Waals surface area (Å²) in [6.45, 7) is 6.43. The maximum absolute atomic E-state index is 12.1. The van der Waals surface area contributed by atoms with Crippen LogP contribution in [0.5, 0.6) is 5.75 Å². The lowest BCUT2D eigenvalue weighted by molar-refractivity contribution is -0.137. The SMILES string of the molecule is CCN(CC)C(=O)C(C)Oc1ccc(Br)cc1S(N)(=O)=O. The van der Waals surface area contributed by atoms with E-state index in [2.05, 4.69) is 15.9 Å². The van der Waals surface area contributed by atoms with E-state index in [1.165, 1.54) is 12.1 Å². The molecule has 1 atom stereocenters. The Kier molecular flexibility index (Phi) is 6.18. The summed E-state index contributed by atoms with van der Waals surface area (Å²) in [6, 6.07) is 4.44. The first-order valence-corrected chi connectivity index (χ1v) is 8.82. The largest absolute Gasteiger partial charge is 0.479 e. The van der Waals surface area contributed by atoms with Crippen molar-refractivity contribution in [2.24, 2.45) is 5.14 Å². The molecule has 8 heteroatoms. The molecule has 0 saturated heterocycles. The van der Waals surface area contributed by atoms with Gasteiger partial charge in [0.05, 0.1) is 0 Å². The molecule has 0 aliphatic heterocycles. The predicted octanol–water partition coefficient (Wildman–Crippen LogP) is 1.73. The average Bonchev–Trinajstić information content (AvgIpc) is 2.40. The van der Waals surface area contributed by atoms with Crippen LogP contribution >= 0.6 is 15.9 Å². The van der Waals surface area contributed by atoms with Crippen molar-refractivity contribution < 1.29 is 17.9 Å². The van der Waals surface area contributed by atoms with Crippen LogP contribution in [0.3, 0.4) is 0 Å². The van der Waals surface area contributed by atoms with E-state index in [4.69, 9.17) is 9.88 Å². The van der Waals surface area contributed by atoms with Gasteiger partial charge in [0.1, 0.15) is 10.6 Å². The molecule has 1 unspecified atom stereocenters. The van der Waals surface area contributed by atoms with Crippen LogP contribution in [0.25, 0.3) is 0 Å². The highest BCUT2D eigenvalue weighted by atomic mass is 79.9. The highest BCUT2D eigenvalue weighted by molar-refractivity contribution is 9.10. The van der Waals surface area contributed by atoms with Crippen molar-refractivity contribution in [2.45, 2.75) is 31.8 Å². The van der Waals surface area contributed by atoms with Crippen LogP contribution < -0.4 is 9.88 Å². The molecule has 0 heterocycles. The van der Waals surface area contributed by atoms with Crippen LogP contribution in [0.2, 0.25) is 0 Å². The molecule has 0 bridgehead atoms. The number of likely N-dealkylation sites (N-methyl/N-ethyl adjacent to an activating group) is 1. The number of halogens is 1. The van der Waals surface area contributed by atoms with Crippen molar-refractivity contribution in [3.05, 3.63) is 22.7 Å². The van der Waals surface area contributed by atoms with E-state index in [9.17, 15) is 13.2 Å². The number of benzene rings is 1. The molecule has 1 aromatic rings. The van der Waals surface area contributed by atoms with Gasteiger partial charge in [-0.1, -0.05) is 15.9 Å². The van der Waals surface area contributed by atoms with Crippen molar-refractivity contribution in [1.29, 1.82) is 0 Å². The van der Waals surface area contributed by atoms with E-state index >= 15 is 0 Å². The van der Waals surface area contributed by atoms with Gasteiger partial charge in [0.25, 0.3) is 5.91 Å². The van der Waals surface area contributed by atoms with E-state index in [0.29, 0.717) is 17.6 Å². The number of amides is 1. The molecule has 1 aromatic carbocycles. The van der Waals surface area contributed by atoms with E-state index in [0.717, 1.165) is 0 Å². The topological polar surface area (TPSA) is 89.7 Å². The zero-order chi connectivity index (χ0) is 16.2. The summed E-state index contributed by atoms with van der Waals surface area (Å²) >= 11 is 3.18. The molecule has 1 amide bonds. The maximum atomic E-state index is 12.1. The lowest BCUT2D eigenvalue weighted by atomic mass is 10.3. The summed E-state index contributed by atoms with van der Waals surface area (Å²) in [6.07, 6.45) is -0.799. The number of sulfonamides is 1. The van der Waals surface area contributed by atoms with Gasteiger partial charge in [-0.05, 0) is 39.0 Å². The Bertz CT molecular complexity index is 615. The molecule has 6 nitrogen and oxygen atoms in total. The Morgan fingerprint density at radius 3 is 2.43 bits per heavy atom. The first kappa shape index (κ1) is 17.9. The number of carbonyl (C=O) groups excluding carboxylic acids is 1. The molecular formula is C13H19BrN2O4S. The second-order valence-electron chi connectivity index (χ2n) is 4.41. The predicted molar refractivity (Wildman–Crippen MR) is 83.5 cm³/mol. The summed E-state index contributed by atoms with van der Waals surface area (Å²) in [5.74, 6) is -0.142. The molecule has 0 fully saturated rings. The summed E-state index contributed by atoms with van der Waals surface area (Å²) in [4.78, 5) is 13.6. The van der Waals surface area contributed by atoms with Gasteiger partial charge < -0.3 is 9.64 Å². The Morgan fingerprint density at radius 2 is 1.95 bits per heavy atom. The van der Waals surface area contributed by atoms with E-state index < -0.39 is 16.1 Å². The summed E-state index contributed by atoms with van der Waals surface area (Å²) in [5.41, 5.74) is 0. The van der Waals surface area contributed by atoms with E-state index in [1.54, 1.807) is 17.9 Å². The van der Waals surface area contributed by atoms with Crippen molar-refractivity contribution in [3.63, 3.8) is 0 Å². The minimum absolute atomic E-state index is 0.0636. The molecule has 0 aliphatic rings. The highest BCUT2D eigenvalue weighted by Gasteiger charge is 2.23. The number of hydrogen-bond acceptors (Lipinski definition) is 4. The summed E-state index contributed by atoms with van der Waals surface area (Å²) < 4.78 is 29.2.